The predicted octanol–water partition coefficient (Wildman–Crippen LogP) is 2.51. The number of nitrogens with zero attached hydrogens (tertiary/aromatic N) is 2. The van der Waals surface area contributed by atoms with Crippen molar-refractivity contribution in [2.75, 3.05) is 5.73 Å². The molecule has 1 heterocycles. The van der Waals surface area contributed by atoms with E-state index in [1.54, 1.807) is 33.7 Å². The number of hydrogen-bond donors (Lipinski definition) is 1. The molecule has 0 unspecified atom stereocenters. The maximum absolute atomic E-state index is 12.1. The highest BCUT2D eigenvalue weighted by atomic mass is 35.5. The van der Waals surface area contributed by atoms with E-state index in [-0.39, 0.29) is 11.7 Å². The number of imidazole rings is 1. The van der Waals surface area contributed by atoms with Crippen molar-refractivity contribution in [2.45, 2.75) is 26.4 Å². The van der Waals surface area contributed by atoms with Gasteiger partial charge in [0, 0.05) is 29.1 Å². The van der Waals surface area contributed by atoms with E-state index < -0.39 is 0 Å². The van der Waals surface area contributed by atoms with Gasteiger partial charge in [0.25, 0.3) is 0 Å². The Morgan fingerprint density at radius 1 is 1.33 bits per heavy atom. The summed E-state index contributed by atoms with van der Waals surface area (Å²) in [6, 6.07) is 5.48. The highest BCUT2D eigenvalue weighted by Gasteiger charge is 2.08. The Bertz CT molecular complexity index is 613. The van der Waals surface area contributed by atoms with Gasteiger partial charge in [-0.25, -0.2) is 4.79 Å². The van der Waals surface area contributed by atoms with Gasteiger partial charge in [0.2, 0.25) is 0 Å². The van der Waals surface area contributed by atoms with Crippen molar-refractivity contribution in [3.05, 3.63) is 51.7 Å². The van der Waals surface area contributed by atoms with Crippen LogP contribution in [-0.2, 0) is 6.54 Å². The van der Waals surface area contributed by atoms with Crippen molar-refractivity contribution < 1.29 is 0 Å². The molecule has 0 saturated carbocycles. The summed E-state index contributed by atoms with van der Waals surface area (Å²) >= 11 is 6.10. The predicted molar refractivity (Wildman–Crippen MR) is 74.0 cm³/mol. The lowest BCUT2D eigenvalue weighted by atomic mass is 10.2. The number of anilines is 1. The SMILES string of the molecule is CC(C)n1ccn(Cc2ccc(N)cc2Cl)c1=O. The van der Waals surface area contributed by atoms with Crippen LogP contribution in [0.4, 0.5) is 5.69 Å². The number of halogens is 1. The van der Waals surface area contributed by atoms with Gasteiger partial charge in [-0.15, -0.1) is 0 Å². The first-order chi connectivity index (χ1) is 8.49. The first kappa shape index (κ1) is 12.8. The molecule has 2 aromatic rings. The van der Waals surface area contributed by atoms with E-state index in [0.717, 1.165) is 5.56 Å². The Morgan fingerprint density at radius 3 is 2.61 bits per heavy atom. The Balaban J connectivity index is 2.32. The molecule has 5 heteroatoms. The van der Waals surface area contributed by atoms with Crippen LogP contribution < -0.4 is 11.4 Å². The number of nitrogen functional groups attached to an aromatic ring is 1. The number of rotatable bonds is 3. The molecule has 1 aromatic heterocycles. The van der Waals surface area contributed by atoms with Gasteiger partial charge in [-0.3, -0.25) is 9.13 Å². The zero-order valence-electron chi connectivity index (χ0n) is 10.4. The fourth-order valence-electron chi connectivity index (χ4n) is 1.82. The minimum atomic E-state index is -0.0297. The third-order valence-corrected chi connectivity index (χ3v) is 3.20. The van der Waals surface area contributed by atoms with Crippen LogP contribution in [-0.4, -0.2) is 9.13 Å². The monoisotopic (exact) mass is 265 g/mol. The minimum absolute atomic E-state index is 0.0297. The second-order valence-corrected chi connectivity index (χ2v) is 4.97. The number of aromatic nitrogens is 2. The summed E-state index contributed by atoms with van der Waals surface area (Å²) in [7, 11) is 0. The molecule has 0 aliphatic carbocycles. The molecule has 0 spiro atoms. The summed E-state index contributed by atoms with van der Waals surface area (Å²) < 4.78 is 3.32. The van der Waals surface area contributed by atoms with Crippen molar-refractivity contribution in [1.82, 2.24) is 9.13 Å². The lowest BCUT2D eigenvalue weighted by molar-refractivity contribution is 0.561. The van der Waals surface area contributed by atoms with Gasteiger partial charge in [0.1, 0.15) is 0 Å². The third kappa shape index (κ3) is 2.43. The average molecular weight is 266 g/mol. The third-order valence-electron chi connectivity index (χ3n) is 2.85. The molecule has 0 amide bonds. The van der Waals surface area contributed by atoms with E-state index >= 15 is 0 Å². The highest BCUT2D eigenvalue weighted by molar-refractivity contribution is 6.31. The summed E-state index contributed by atoms with van der Waals surface area (Å²) in [5, 5.41) is 0.583. The second-order valence-electron chi connectivity index (χ2n) is 4.56. The summed E-state index contributed by atoms with van der Waals surface area (Å²) in [5.41, 5.74) is 7.11. The van der Waals surface area contributed by atoms with Crippen LogP contribution in [0.2, 0.25) is 5.02 Å². The van der Waals surface area contributed by atoms with Crippen molar-refractivity contribution in [2.24, 2.45) is 0 Å². The van der Waals surface area contributed by atoms with E-state index in [9.17, 15) is 4.79 Å². The molecule has 18 heavy (non-hydrogen) atoms. The summed E-state index contributed by atoms with van der Waals surface area (Å²) in [6.45, 7) is 4.40. The summed E-state index contributed by atoms with van der Waals surface area (Å²) in [6.07, 6.45) is 3.56. The normalized spacial score (nSPS) is 11.1. The zero-order valence-corrected chi connectivity index (χ0v) is 11.2. The molecule has 0 bridgehead atoms. The number of benzene rings is 1. The Labute approximate surface area is 111 Å². The van der Waals surface area contributed by atoms with Crippen molar-refractivity contribution in [1.29, 1.82) is 0 Å². The molecule has 1 aromatic carbocycles. The molecule has 0 aliphatic heterocycles. The van der Waals surface area contributed by atoms with E-state index in [1.165, 1.54) is 0 Å². The lowest BCUT2D eigenvalue weighted by Gasteiger charge is -2.07. The molecule has 96 valence electrons. The van der Waals surface area contributed by atoms with Crippen LogP contribution in [0.25, 0.3) is 0 Å². The fourth-order valence-corrected chi connectivity index (χ4v) is 2.07. The first-order valence-corrected chi connectivity index (χ1v) is 6.18. The van der Waals surface area contributed by atoms with Crippen LogP contribution in [0.3, 0.4) is 0 Å². The van der Waals surface area contributed by atoms with E-state index in [4.69, 9.17) is 17.3 Å². The van der Waals surface area contributed by atoms with E-state index in [0.29, 0.717) is 17.3 Å². The number of nitrogens with two attached hydrogens (primary N) is 1. The van der Waals surface area contributed by atoms with Crippen LogP contribution >= 0.6 is 11.6 Å². The molecule has 2 N–H and O–H groups in total. The molecular weight excluding hydrogens is 250 g/mol. The van der Waals surface area contributed by atoms with Gasteiger partial charge in [-0.2, -0.15) is 0 Å². The van der Waals surface area contributed by atoms with Gasteiger partial charge in [0.15, 0.2) is 0 Å². The van der Waals surface area contributed by atoms with Crippen molar-refractivity contribution in [3.63, 3.8) is 0 Å². The maximum Gasteiger partial charge on any atom is 0.328 e. The summed E-state index contributed by atoms with van der Waals surface area (Å²) in [5.74, 6) is 0. The van der Waals surface area contributed by atoms with Crippen LogP contribution in [0, 0.1) is 0 Å². The Hall–Kier alpha value is -1.68. The highest BCUT2D eigenvalue weighted by Crippen LogP contribution is 2.19. The van der Waals surface area contributed by atoms with Gasteiger partial charge < -0.3 is 5.73 Å². The fraction of sp³-hybridized carbons (Fsp3) is 0.308. The van der Waals surface area contributed by atoms with Crippen molar-refractivity contribution >= 4 is 17.3 Å². The number of hydrogen-bond acceptors (Lipinski definition) is 2. The van der Waals surface area contributed by atoms with Gasteiger partial charge in [-0.05, 0) is 31.5 Å². The average Bonchev–Trinajstić information content (AvgIpc) is 2.64. The van der Waals surface area contributed by atoms with Crippen molar-refractivity contribution in [3.8, 4) is 0 Å². The van der Waals surface area contributed by atoms with Gasteiger partial charge in [-0.1, -0.05) is 17.7 Å². The van der Waals surface area contributed by atoms with Gasteiger partial charge in [0.05, 0.1) is 6.54 Å². The van der Waals surface area contributed by atoms with E-state index in [2.05, 4.69) is 0 Å². The molecule has 2 rings (SSSR count). The molecule has 0 fully saturated rings. The first-order valence-electron chi connectivity index (χ1n) is 5.80. The smallest absolute Gasteiger partial charge is 0.328 e. The quantitative estimate of drug-likeness (QED) is 0.867. The Morgan fingerprint density at radius 2 is 2.06 bits per heavy atom. The topological polar surface area (TPSA) is 52.9 Å². The van der Waals surface area contributed by atoms with Crippen LogP contribution in [0.15, 0.2) is 35.4 Å². The largest absolute Gasteiger partial charge is 0.399 e. The zero-order chi connectivity index (χ0) is 13.3. The molecule has 0 radical (unpaired) electrons. The molecular formula is C13H16ClN3O. The lowest BCUT2D eigenvalue weighted by Crippen LogP contribution is -2.25. The van der Waals surface area contributed by atoms with E-state index in [1.807, 2.05) is 19.9 Å². The standard InChI is InChI=1S/C13H16ClN3O/c1-9(2)17-6-5-16(13(17)18)8-10-3-4-11(15)7-12(10)14/h3-7,9H,8,15H2,1-2H3. The molecule has 0 atom stereocenters. The van der Waals surface area contributed by atoms with Crippen LogP contribution in [0.5, 0.6) is 0 Å². The van der Waals surface area contributed by atoms with Gasteiger partial charge >= 0.3 is 5.69 Å². The molecule has 4 nitrogen and oxygen atoms in total. The Kier molecular flexibility index (Phi) is 3.48. The maximum atomic E-state index is 12.1. The van der Waals surface area contributed by atoms with Crippen LogP contribution in [0.1, 0.15) is 25.5 Å². The molecule has 0 aliphatic rings. The second kappa shape index (κ2) is 4.90. The minimum Gasteiger partial charge on any atom is -0.399 e. The summed E-state index contributed by atoms with van der Waals surface area (Å²) in [4.78, 5) is 12.1. The molecule has 0 saturated heterocycles.